The largest absolute Gasteiger partial charge is 0.369 e. The molecule has 5 heteroatoms. The molecule has 0 bridgehead atoms. The highest BCUT2D eigenvalue weighted by Crippen LogP contribution is 2.20. The van der Waals surface area contributed by atoms with Crippen molar-refractivity contribution >= 4 is 17.5 Å². The molecule has 3 atom stereocenters. The van der Waals surface area contributed by atoms with Gasteiger partial charge in [-0.1, -0.05) is 42.5 Å². The molecule has 1 aliphatic rings. The molecule has 142 valence electrons. The van der Waals surface area contributed by atoms with Gasteiger partial charge in [0, 0.05) is 11.3 Å². The quantitative estimate of drug-likeness (QED) is 0.754. The SMILES string of the molecule is Cc1ccc(C)c(NC(=O)[C@H](c2ccccc2)[NH+]2CCC[C@H](C(N)=O)C2)c1. The maximum Gasteiger partial charge on any atom is 0.287 e. The van der Waals surface area contributed by atoms with Crippen molar-refractivity contribution in [3.05, 3.63) is 65.2 Å². The molecule has 0 spiro atoms. The summed E-state index contributed by atoms with van der Waals surface area (Å²) in [5.41, 5.74) is 9.48. The number of piperidine rings is 1. The van der Waals surface area contributed by atoms with Crippen LogP contribution in [0.25, 0.3) is 0 Å². The van der Waals surface area contributed by atoms with E-state index >= 15 is 0 Å². The van der Waals surface area contributed by atoms with Gasteiger partial charge in [0.05, 0.1) is 19.0 Å². The third-order valence-corrected chi connectivity index (χ3v) is 5.42. The lowest BCUT2D eigenvalue weighted by molar-refractivity contribution is -0.928. The zero-order valence-electron chi connectivity index (χ0n) is 16.0. The zero-order valence-corrected chi connectivity index (χ0v) is 16.0. The maximum atomic E-state index is 13.3. The number of rotatable bonds is 5. The van der Waals surface area contributed by atoms with Crippen LogP contribution in [0.3, 0.4) is 0 Å². The zero-order chi connectivity index (χ0) is 19.4. The smallest absolute Gasteiger partial charge is 0.287 e. The number of amides is 2. The van der Waals surface area contributed by atoms with Crippen molar-refractivity contribution in [2.75, 3.05) is 18.4 Å². The summed E-state index contributed by atoms with van der Waals surface area (Å²) in [6.07, 6.45) is 1.70. The standard InChI is InChI=1S/C22H27N3O2/c1-15-10-11-16(2)19(13-15)24-22(27)20(17-7-4-3-5-8-17)25-12-6-9-18(14-25)21(23)26/h3-5,7-8,10-11,13,18,20H,6,9,12,14H2,1-2H3,(H2,23,26)(H,24,27)/p+1/t18-,20-/m0/s1. The van der Waals surface area contributed by atoms with Crippen molar-refractivity contribution in [3.8, 4) is 0 Å². The number of hydrogen-bond acceptors (Lipinski definition) is 2. The average Bonchev–Trinajstić information content (AvgIpc) is 2.66. The van der Waals surface area contributed by atoms with Gasteiger partial charge in [0.2, 0.25) is 5.91 Å². The van der Waals surface area contributed by atoms with E-state index in [-0.39, 0.29) is 23.8 Å². The minimum absolute atomic E-state index is 0.0463. The predicted octanol–water partition coefficient (Wildman–Crippen LogP) is 1.76. The van der Waals surface area contributed by atoms with Gasteiger partial charge >= 0.3 is 0 Å². The lowest BCUT2D eigenvalue weighted by atomic mass is 9.94. The van der Waals surface area contributed by atoms with Gasteiger partial charge < -0.3 is 16.0 Å². The van der Waals surface area contributed by atoms with Gasteiger partial charge in [0.1, 0.15) is 0 Å². The molecule has 2 amide bonds. The minimum Gasteiger partial charge on any atom is -0.369 e. The summed E-state index contributed by atoms with van der Waals surface area (Å²) in [4.78, 5) is 26.1. The molecule has 1 fully saturated rings. The van der Waals surface area contributed by atoms with Crippen LogP contribution in [0.1, 0.15) is 35.6 Å². The van der Waals surface area contributed by atoms with E-state index in [9.17, 15) is 9.59 Å². The van der Waals surface area contributed by atoms with Crippen molar-refractivity contribution in [1.82, 2.24) is 0 Å². The molecule has 2 aromatic rings. The number of quaternary nitrogens is 1. The number of hydrogen-bond donors (Lipinski definition) is 3. The Bertz CT molecular complexity index is 820. The average molecular weight is 366 g/mol. The van der Waals surface area contributed by atoms with Gasteiger partial charge in [0.15, 0.2) is 6.04 Å². The van der Waals surface area contributed by atoms with E-state index in [0.29, 0.717) is 6.54 Å². The fourth-order valence-electron chi connectivity index (χ4n) is 3.89. The van der Waals surface area contributed by atoms with Crippen LogP contribution >= 0.6 is 0 Å². The summed E-state index contributed by atoms with van der Waals surface area (Å²) in [6.45, 7) is 5.44. The first-order chi connectivity index (χ1) is 13.0. The summed E-state index contributed by atoms with van der Waals surface area (Å²) in [7, 11) is 0. The van der Waals surface area contributed by atoms with Crippen LogP contribution in [-0.4, -0.2) is 24.9 Å². The number of aryl methyl sites for hydroxylation is 2. The first-order valence-electron chi connectivity index (χ1n) is 9.52. The predicted molar refractivity (Wildman–Crippen MR) is 106 cm³/mol. The minimum atomic E-state index is -0.367. The number of carbonyl (C=O) groups excluding carboxylic acids is 2. The van der Waals surface area contributed by atoms with Crippen LogP contribution in [-0.2, 0) is 9.59 Å². The Labute approximate surface area is 160 Å². The van der Waals surface area contributed by atoms with Crippen molar-refractivity contribution < 1.29 is 14.5 Å². The molecular formula is C22H28N3O2+. The van der Waals surface area contributed by atoms with Crippen LogP contribution in [0.15, 0.2) is 48.5 Å². The Morgan fingerprint density at radius 3 is 2.59 bits per heavy atom. The molecule has 27 heavy (non-hydrogen) atoms. The highest BCUT2D eigenvalue weighted by Gasteiger charge is 2.37. The molecule has 0 saturated carbocycles. The van der Waals surface area contributed by atoms with E-state index < -0.39 is 0 Å². The Hall–Kier alpha value is -2.66. The highest BCUT2D eigenvalue weighted by atomic mass is 16.2. The van der Waals surface area contributed by atoms with E-state index in [1.54, 1.807) is 0 Å². The van der Waals surface area contributed by atoms with Crippen molar-refractivity contribution in [2.24, 2.45) is 11.7 Å². The highest BCUT2D eigenvalue weighted by molar-refractivity contribution is 5.95. The summed E-state index contributed by atoms with van der Waals surface area (Å²) >= 11 is 0. The van der Waals surface area contributed by atoms with Gasteiger partial charge in [-0.05, 0) is 43.9 Å². The Morgan fingerprint density at radius 1 is 1.15 bits per heavy atom. The number of anilines is 1. The third kappa shape index (κ3) is 4.55. The second-order valence-corrected chi connectivity index (χ2v) is 7.51. The number of nitrogens with two attached hydrogens (primary N) is 1. The summed E-state index contributed by atoms with van der Waals surface area (Å²) in [6, 6.07) is 15.5. The molecule has 1 heterocycles. The maximum absolute atomic E-state index is 13.3. The number of carbonyl (C=O) groups is 2. The van der Waals surface area contributed by atoms with Crippen LogP contribution in [0.5, 0.6) is 0 Å². The molecule has 0 radical (unpaired) electrons. The number of likely N-dealkylation sites (tertiary alicyclic amines) is 1. The number of benzene rings is 2. The van der Waals surface area contributed by atoms with Crippen molar-refractivity contribution in [2.45, 2.75) is 32.7 Å². The Kier molecular flexibility index (Phi) is 5.91. The van der Waals surface area contributed by atoms with Gasteiger partial charge in [-0.2, -0.15) is 0 Å². The molecule has 1 saturated heterocycles. The summed E-state index contributed by atoms with van der Waals surface area (Å²) in [5, 5.41) is 3.12. The molecule has 3 rings (SSSR count). The third-order valence-electron chi connectivity index (χ3n) is 5.42. The topological polar surface area (TPSA) is 76.6 Å². The van der Waals surface area contributed by atoms with Crippen LogP contribution < -0.4 is 16.0 Å². The Morgan fingerprint density at radius 2 is 1.89 bits per heavy atom. The molecule has 4 N–H and O–H groups in total. The summed E-state index contributed by atoms with van der Waals surface area (Å²) < 4.78 is 0. The second-order valence-electron chi connectivity index (χ2n) is 7.51. The van der Waals surface area contributed by atoms with Crippen LogP contribution in [0, 0.1) is 19.8 Å². The lowest BCUT2D eigenvalue weighted by Crippen LogP contribution is -3.15. The monoisotopic (exact) mass is 366 g/mol. The summed E-state index contributed by atoms with van der Waals surface area (Å²) in [5.74, 6) is -0.488. The lowest BCUT2D eigenvalue weighted by Gasteiger charge is -2.34. The molecule has 2 aromatic carbocycles. The van der Waals surface area contributed by atoms with Crippen molar-refractivity contribution in [1.29, 1.82) is 0 Å². The van der Waals surface area contributed by atoms with E-state index in [1.807, 2.05) is 62.4 Å². The number of primary amides is 1. The van der Waals surface area contributed by atoms with Crippen molar-refractivity contribution in [3.63, 3.8) is 0 Å². The normalized spacial score (nSPS) is 20.7. The van der Waals surface area contributed by atoms with Gasteiger partial charge in [-0.3, -0.25) is 9.59 Å². The first kappa shape index (κ1) is 19.1. The Balaban J connectivity index is 1.89. The van der Waals surface area contributed by atoms with Gasteiger partial charge in [0.25, 0.3) is 5.91 Å². The van der Waals surface area contributed by atoms with Gasteiger partial charge in [-0.25, -0.2) is 0 Å². The molecule has 0 aromatic heterocycles. The second kappa shape index (κ2) is 8.35. The van der Waals surface area contributed by atoms with Crippen LogP contribution in [0.4, 0.5) is 5.69 Å². The molecule has 1 unspecified atom stereocenters. The fraction of sp³-hybridized carbons (Fsp3) is 0.364. The van der Waals surface area contributed by atoms with E-state index in [1.165, 1.54) is 0 Å². The molecule has 1 aliphatic heterocycles. The fourth-order valence-corrected chi connectivity index (χ4v) is 3.89. The molecule has 5 nitrogen and oxygen atoms in total. The molecule has 0 aliphatic carbocycles. The molecular weight excluding hydrogens is 338 g/mol. The van der Waals surface area contributed by atoms with E-state index in [4.69, 9.17) is 5.73 Å². The van der Waals surface area contributed by atoms with Gasteiger partial charge in [-0.15, -0.1) is 0 Å². The van der Waals surface area contributed by atoms with Crippen LogP contribution in [0.2, 0.25) is 0 Å². The van der Waals surface area contributed by atoms with E-state index in [0.717, 1.165) is 46.7 Å². The first-order valence-corrected chi connectivity index (χ1v) is 9.52. The number of nitrogens with one attached hydrogen (secondary N) is 2. The van der Waals surface area contributed by atoms with E-state index in [2.05, 4.69) is 5.32 Å².